The third kappa shape index (κ3) is 3.20. The first-order valence-electron chi connectivity index (χ1n) is 6.04. The van der Waals surface area contributed by atoms with E-state index in [9.17, 15) is 22.0 Å². The van der Waals surface area contributed by atoms with Crippen LogP contribution in [0.15, 0.2) is 23.1 Å². The summed E-state index contributed by atoms with van der Waals surface area (Å²) >= 11 is 0. The predicted molar refractivity (Wildman–Crippen MR) is 70.8 cm³/mol. The van der Waals surface area contributed by atoms with Crippen LogP contribution in [0, 0.1) is 0 Å². The van der Waals surface area contributed by atoms with Crippen LogP contribution in [-0.2, 0) is 21.2 Å². The van der Waals surface area contributed by atoms with Gasteiger partial charge in [0.25, 0.3) is 5.92 Å². The zero-order valence-electron chi connectivity index (χ0n) is 11.1. The molecule has 2 rings (SSSR count). The van der Waals surface area contributed by atoms with Crippen LogP contribution in [0.25, 0.3) is 0 Å². The van der Waals surface area contributed by atoms with Gasteiger partial charge in [0.1, 0.15) is 6.61 Å². The zero-order valence-corrected chi connectivity index (χ0v) is 12.0. The standard InChI is InChI=1S/C12H14F2N2O4S/c1-16-10-3-2-9(4-8(10)5-11(16)18)21(19,20)15-6-12(13,14)7-17/h2-4,15,17H,5-7H2,1H3. The average molecular weight is 320 g/mol. The van der Waals surface area contributed by atoms with Crippen molar-refractivity contribution in [3.05, 3.63) is 23.8 Å². The van der Waals surface area contributed by atoms with Crippen molar-refractivity contribution in [1.29, 1.82) is 0 Å². The van der Waals surface area contributed by atoms with Gasteiger partial charge in [0.2, 0.25) is 15.9 Å². The molecular formula is C12H14F2N2O4S. The van der Waals surface area contributed by atoms with E-state index in [-0.39, 0.29) is 17.2 Å². The van der Waals surface area contributed by atoms with Crippen LogP contribution < -0.4 is 9.62 Å². The molecule has 0 spiro atoms. The van der Waals surface area contributed by atoms with E-state index in [0.29, 0.717) is 11.3 Å². The number of hydrogen-bond acceptors (Lipinski definition) is 4. The van der Waals surface area contributed by atoms with E-state index in [1.54, 1.807) is 11.8 Å². The van der Waals surface area contributed by atoms with Crippen LogP contribution in [0.1, 0.15) is 5.56 Å². The Labute approximate surface area is 120 Å². The summed E-state index contributed by atoms with van der Waals surface area (Å²) in [6, 6.07) is 3.99. The number of carbonyl (C=O) groups is 1. The number of hydrogen-bond donors (Lipinski definition) is 2. The second-order valence-electron chi connectivity index (χ2n) is 4.76. The second-order valence-corrected chi connectivity index (χ2v) is 6.53. The fraction of sp³-hybridized carbons (Fsp3) is 0.417. The maximum Gasteiger partial charge on any atom is 0.283 e. The number of rotatable bonds is 5. The van der Waals surface area contributed by atoms with Gasteiger partial charge in [0, 0.05) is 12.7 Å². The first-order valence-corrected chi connectivity index (χ1v) is 7.52. The molecule has 1 aliphatic heterocycles. The number of sulfonamides is 1. The lowest BCUT2D eigenvalue weighted by Gasteiger charge is -2.15. The minimum Gasteiger partial charge on any atom is -0.390 e. The van der Waals surface area contributed by atoms with Crippen molar-refractivity contribution in [3.8, 4) is 0 Å². The fourth-order valence-electron chi connectivity index (χ4n) is 1.95. The summed E-state index contributed by atoms with van der Waals surface area (Å²) in [5.41, 5.74) is 1.12. The molecule has 0 saturated carbocycles. The van der Waals surface area contributed by atoms with Crippen LogP contribution in [-0.4, -0.2) is 45.6 Å². The normalized spacial score (nSPS) is 15.4. The largest absolute Gasteiger partial charge is 0.390 e. The minimum atomic E-state index is -4.13. The lowest BCUT2D eigenvalue weighted by Crippen LogP contribution is -2.38. The van der Waals surface area contributed by atoms with Gasteiger partial charge in [-0.2, -0.15) is 0 Å². The summed E-state index contributed by atoms with van der Waals surface area (Å²) in [6.07, 6.45) is 0.0714. The Morgan fingerprint density at radius 1 is 1.43 bits per heavy atom. The van der Waals surface area contributed by atoms with Crippen LogP contribution >= 0.6 is 0 Å². The van der Waals surface area contributed by atoms with Gasteiger partial charge < -0.3 is 10.0 Å². The van der Waals surface area contributed by atoms with E-state index in [0.717, 1.165) is 0 Å². The number of carbonyl (C=O) groups excluding carboxylic acids is 1. The number of halogens is 2. The summed E-state index contributed by atoms with van der Waals surface area (Å²) in [4.78, 5) is 12.7. The van der Waals surface area contributed by atoms with Crippen molar-refractivity contribution in [1.82, 2.24) is 4.72 Å². The maximum absolute atomic E-state index is 12.9. The molecule has 1 amide bonds. The van der Waals surface area contributed by atoms with Crippen molar-refractivity contribution in [2.45, 2.75) is 17.2 Å². The third-order valence-corrected chi connectivity index (χ3v) is 4.59. The number of likely N-dealkylation sites (N-methyl/N-ethyl adjacent to an activating group) is 1. The Morgan fingerprint density at radius 3 is 2.71 bits per heavy atom. The number of aliphatic hydroxyl groups excluding tert-OH is 1. The van der Waals surface area contributed by atoms with E-state index < -0.39 is 29.1 Å². The maximum atomic E-state index is 12.9. The summed E-state index contributed by atoms with van der Waals surface area (Å²) in [5.74, 6) is -3.70. The number of nitrogens with zero attached hydrogens (tertiary/aromatic N) is 1. The number of aliphatic hydroxyl groups is 1. The van der Waals surface area contributed by atoms with Gasteiger partial charge in [-0.15, -0.1) is 0 Å². The smallest absolute Gasteiger partial charge is 0.283 e. The molecule has 0 bridgehead atoms. The van der Waals surface area contributed by atoms with E-state index in [1.807, 2.05) is 0 Å². The molecule has 2 N–H and O–H groups in total. The first kappa shape index (κ1) is 15.8. The predicted octanol–water partition coefficient (Wildman–Crippen LogP) is 0.111. The van der Waals surface area contributed by atoms with Crippen molar-refractivity contribution in [2.24, 2.45) is 0 Å². The van der Waals surface area contributed by atoms with E-state index in [1.165, 1.54) is 23.1 Å². The Morgan fingerprint density at radius 2 is 2.10 bits per heavy atom. The molecule has 1 heterocycles. The number of benzene rings is 1. The molecule has 1 aromatic rings. The number of nitrogens with one attached hydrogen (secondary N) is 1. The SMILES string of the molecule is CN1C(=O)Cc2cc(S(=O)(=O)NCC(F)(F)CO)ccc21. The Balaban J connectivity index is 2.23. The number of alkyl halides is 2. The van der Waals surface area contributed by atoms with Gasteiger partial charge >= 0.3 is 0 Å². The highest BCUT2D eigenvalue weighted by Crippen LogP contribution is 2.29. The molecule has 0 atom stereocenters. The highest BCUT2D eigenvalue weighted by Gasteiger charge is 2.31. The number of anilines is 1. The molecule has 1 aliphatic rings. The van der Waals surface area contributed by atoms with Crippen LogP contribution in [0.2, 0.25) is 0 Å². The molecule has 0 fully saturated rings. The Kier molecular flexibility index (Phi) is 4.00. The second kappa shape index (κ2) is 5.32. The molecule has 1 aromatic carbocycles. The summed E-state index contributed by atoms with van der Waals surface area (Å²) in [5, 5.41) is 8.42. The van der Waals surface area contributed by atoms with Gasteiger partial charge in [0.05, 0.1) is 17.9 Å². The molecule has 6 nitrogen and oxygen atoms in total. The molecule has 0 aliphatic carbocycles. The van der Waals surface area contributed by atoms with E-state index in [2.05, 4.69) is 0 Å². The lowest BCUT2D eigenvalue weighted by molar-refractivity contribution is -0.117. The average Bonchev–Trinajstić information content (AvgIpc) is 2.72. The molecule has 0 aromatic heterocycles. The number of fused-ring (bicyclic) bond motifs is 1. The zero-order chi connectivity index (χ0) is 15.8. The lowest BCUT2D eigenvalue weighted by atomic mass is 10.2. The third-order valence-electron chi connectivity index (χ3n) is 3.19. The van der Waals surface area contributed by atoms with Crippen molar-refractivity contribution < 1.29 is 27.1 Å². The number of amides is 1. The Bertz CT molecular complexity index is 676. The quantitative estimate of drug-likeness (QED) is 0.806. The fourth-order valence-corrected chi connectivity index (χ4v) is 3.07. The molecule has 0 saturated heterocycles. The Hall–Kier alpha value is -1.58. The van der Waals surface area contributed by atoms with Crippen molar-refractivity contribution >= 4 is 21.6 Å². The minimum absolute atomic E-state index is 0.0714. The van der Waals surface area contributed by atoms with E-state index in [4.69, 9.17) is 5.11 Å². The molecule has 0 unspecified atom stereocenters. The van der Waals surface area contributed by atoms with Crippen LogP contribution in [0.4, 0.5) is 14.5 Å². The van der Waals surface area contributed by atoms with Gasteiger partial charge in [-0.05, 0) is 23.8 Å². The molecule has 116 valence electrons. The molecule has 9 heteroatoms. The van der Waals surface area contributed by atoms with Gasteiger partial charge in [0.15, 0.2) is 0 Å². The van der Waals surface area contributed by atoms with Gasteiger partial charge in [-0.3, -0.25) is 4.79 Å². The summed E-state index contributed by atoms with van der Waals surface area (Å²) in [6.45, 7) is -2.64. The van der Waals surface area contributed by atoms with Crippen molar-refractivity contribution in [3.63, 3.8) is 0 Å². The summed E-state index contributed by atoms with van der Waals surface area (Å²) < 4.78 is 51.4. The van der Waals surface area contributed by atoms with Gasteiger partial charge in [-0.25, -0.2) is 21.9 Å². The molecule has 0 radical (unpaired) electrons. The highest BCUT2D eigenvalue weighted by atomic mass is 32.2. The molecular weight excluding hydrogens is 306 g/mol. The van der Waals surface area contributed by atoms with E-state index >= 15 is 0 Å². The molecule has 21 heavy (non-hydrogen) atoms. The monoisotopic (exact) mass is 320 g/mol. The summed E-state index contributed by atoms with van der Waals surface area (Å²) in [7, 11) is -2.56. The highest BCUT2D eigenvalue weighted by molar-refractivity contribution is 7.89. The van der Waals surface area contributed by atoms with Crippen LogP contribution in [0.5, 0.6) is 0 Å². The topological polar surface area (TPSA) is 86.7 Å². The van der Waals surface area contributed by atoms with Crippen LogP contribution in [0.3, 0.4) is 0 Å². The first-order chi connectivity index (χ1) is 9.66. The van der Waals surface area contributed by atoms with Gasteiger partial charge in [-0.1, -0.05) is 0 Å². The van der Waals surface area contributed by atoms with Crippen molar-refractivity contribution in [2.75, 3.05) is 25.1 Å².